The number of fused-ring (bicyclic) bond motifs is 2. The molecule has 0 fully saturated rings. The zero-order chi connectivity index (χ0) is 23.9. The zero-order valence-corrected chi connectivity index (χ0v) is 20.5. The minimum absolute atomic E-state index is 0.112. The second kappa shape index (κ2) is 8.88. The van der Waals surface area contributed by atoms with E-state index in [1.54, 1.807) is 25.1 Å². The molecule has 0 spiro atoms. The molecule has 8 nitrogen and oxygen atoms in total. The Morgan fingerprint density at radius 1 is 1.26 bits per heavy atom. The third-order valence-electron chi connectivity index (χ3n) is 6.00. The van der Waals surface area contributed by atoms with E-state index in [-0.39, 0.29) is 23.1 Å². The number of nitrogens with zero attached hydrogens (tertiary/aromatic N) is 2. The van der Waals surface area contributed by atoms with Gasteiger partial charge >= 0.3 is 0 Å². The fraction of sp³-hybridized carbons (Fsp3) is 0.292. The highest BCUT2D eigenvalue weighted by Gasteiger charge is 2.24. The molecule has 2 aromatic carbocycles. The topological polar surface area (TPSA) is 92.8 Å². The predicted molar refractivity (Wildman–Crippen MR) is 133 cm³/mol. The number of aromatic nitrogens is 1. The van der Waals surface area contributed by atoms with E-state index in [4.69, 9.17) is 21.1 Å². The fourth-order valence-electron chi connectivity index (χ4n) is 4.10. The van der Waals surface area contributed by atoms with E-state index in [1.165, 1.54) is 6.07 Å². The van der Waals surface area contributed by atoms with Gasteiger partial charge in [0.25, 0.3) is 10.0 Å². The fourth-order valence-corrected chi connectivity index (χ4v) is 5.65. The van der Waals surface area contributed by atoms with Crippen molar-refractivity contribution in [1.82, 2.24) is 4.98 Å². The molecule has 2 N–H and O–H groups in total. The summed E-state index contributed by atoms with van der Waals surface area (Å²) in [6.07, 6.45) is 0.753. The van der Waals surface area contributed by atoms with Crippen molar-refractivity contribution in [2.75, 3.05) is 41.7 Å². The Morgan fingerprint density at radius 2 is 2.12 bits per heavy atom. The lowest BCUT2D eigenvalue weighted by atomic mass is 10.1. The number of hydrogen-bond donors (Lipinski definition) is 2. The van der Waals surface area contributed by atoms with Crippen molar-refractivity contribution >= 4 is 38.8 Å². The molecule has 0 aliphatic carbocycles. The number of rotatable bonds is 6. The van der Waals surface area contributed by atoms with Crippen LogP contribution in [0, 0.1) is 6.92 Å². The molecule has 2 aliphatic heterocycles. The van der Waals surface area contributed by atoms with Crippen LogP contribution in [-0.2, 0) is 23.1 Å². The minimum Gasteiger partial charge on any atom is -0.490 e. The maximum atomic E-state index is 13.2. The minimum atomic E-state index is -3.91. The Balaban J connectivity index is 1.43. The van der Waals surface area contributed by atoms with Gasteiger partial charge in [-0.25, -0.2) is 8.42 Å². The van der Waals surface area contributed by atoms with Crippen molar-refractivity contribution in [2.45, 2.75) is 24.8 Å². The van der Waals surface area contributed by atoms with Crippen LogP contribution in [0.4, 0.5) is 17.2 Å². The molecule has 0 saturated heterocycles. The number of anilines is 3. The molecule has 0 amide bonds. The van der Waals surface area contributed by atoms with E-state index in [0.29, 0.717) is 23.0 Å². The van der Waals surface area contributed by atoms with Gasteiger partial charge < -0.3 is 19.7 Å². The Labute approximate surface area is 203 Å². The first-order valence-corrected chi connectivity index (χ1v) is 12.8. The number of pyridine rings is 1. The van der Waals surface area contributed by atoms with Crippen LogP contribution in [0.5, 0.6) is 11.6 Å². The smallest absolute Gasteiger partial charge is 0.262 e. The van der Waals surface area contributed by atoms with Gasteiger partial charge in [0.15, 0.2) is 0 Å². The lowest BCUT2D eigenvalue weighted by Crippen LogP contribution is -2.28. The molecule has 0 atom stereocenters. The summed E-state index contributed by atoms with van der Waals surface area (Å²) in [6.45, 7) is 4.08. The largest absolute Gasteiger partial charge is 0.490 e. The highest BCUT2D eigenvalue weighted by molar-refractivity contribution is 7.92. The zero-order valence-electron chi connectivity index (χ0n) is 18.9. The van der Waals surface area contributed by atoms with Crippen LogP contribution in [0.2, 0.25) is 5.02 Å². The van der Waals surface area contributed by atoms with Gasteiger partial charge in [0.1, 0.15) is 30.5 Å². The van der Waals surface area contributed by atoms with Crippen LogP contribution >= 0.6 is 11.6 Å². The molecule has 10 heteroatoms. The van der Waals surface area contributed by atoms with Crippen molar-refractivity contribution in [3.63, 3.8) is 0 Å². The van der Waals surface area contributed by atoms with Crippen LogP contribution < -0.4 is 24.4 Å². The molecule has 3 aromatic rings. The number of halogens is 1. The number of nitrogens with one attached hydrogen (secondary N) is 2. The van der Waals surface area contributed by atoms with Crippen molar-refractivity contribution in [3.05, 3.63) is 64.2 Å². The Hall–Kier alpha value is -3.17. The maximum Gasteiger partial charge on any atom is 0.262 e. The molecule has 1 aromatic heterocycles. The molecule has 0 saturated carbocycles. The Kier molecular flexibility index (Phi) is 5.91. The first-order chi connectivity index (χ1) is 16.3. The molecular weight excluding hydrogens is 476 g/mol. The van der Waals surface area contributed by atoms with Crippen LogP contribution in [0.25, 0.3) is 0 Å². The molecular formula is C24H25ClN4O4S. The van der Waals surface area contributed by atoms with E-state index < -0.39 is 10.0 Å². The first-order valence-electron chi connectivity index (χ1n) is 11.0. The van der Waals surface area contributed by atoms with Gasteiger partial charge in [-0.3, -0.25) is 4.72 Å². The summed E-state index contributed by atoms with van der Waals surface area (Å²) in [5.74, 6) is 1.70. The summed E-state index contributed by atoms with van der Waals surface area (Å²) in [7, 11) is -1.88. The van der Waals surface area contributed by atoms with Crippen LogP contribution in [0.3, 0.4) is 0 Å². The van der Waals surface area contributed by atoms with Crippen LogP contribution in [0.1, 0.15) is 16.7 Å². The monoisotopic (exact) mass is 500 g/mol. The van der Waals surface area contributed by atoms with Crippen molar-refractivity contribution in [1.29, 1.82) is 0 Å². The number of ether oxygens (including phenoxy) is 2. The van der Waals surface area contributed by atoms with Gasteiger partial charge in [-0.2, -0.15) is 4.98 Å². The number of sulfonamides is 1. The summed E-state index contributed by atoms with van der Waals surface area (Å²) in [5, 5.41) is 3.60. The second-order valence-corrected chi connectivity index (χ2v) is 10.4. The molecule has 0 bridgehead atoms. The first kappa shape index (κ1) is 22.6. The lowest BCUT2D eigenvalue weighted by molar-refractivity contribution is 0.291. The average molecular weight is 501 g/mol. The van der Waals surface area contributed by atoms with Gasteiger partial charge in [0, 0.05) is 18.6 Å². The standard InChI is InChI=1S/C24H25ClN4O4S/c1-15-18(25)4-3-5-22(15)34(30,31)28-19-13-17-8-9-26-23(17)27-24(19)33-14-16-6-7-20-21(12-16)32-11-10-29(20)2/h3-7,12-13,28H,8-11,14H2,1-2H3,(H,26,27). The van der Waals surface area contributed by atoms with E-state index in [9.17, 15) is 8.42 Å². The van der Waals surface area contributed by atoms with E-state index in [2.05, 4.69) is 19.9 Å². The third-order valence-corrected chi connectivity index (χ3v) is 7.92. The van der Waals surface area contributed by atoms with Gasteiger partial charge in [-0.15, -0.1) is 0 Å². The van der Waals surface area contributed by atoms with Crippen molar-refractivity contribution in [3.8, 4) is 11.6 Å². The summed E-state index contributed by atoms with van der Waals surface area (Å²) >= 11 is 6.16. The molecule has 0 unspecified atom stereocenters. The normalized spacial score (nSPS) is 14.6. The van der Waals surface area contributed by atoms with E-state index in [0.717, 1.165) is 42.1 Å². The SMILES string of the molecule is Cc1c(Cl)cccc1S(=O)(=O)Nc1cc2c(nc1OCc1ccc3c(c1)OCCN3C)NCC2. The van der Waals surface area contributed by atoms with Gasteiger partial charge in [0.05, 0.1) is 17.1 Å². The molecule has 178 valence electrons. The third kappa shape index (κ3) is 4.33. The molecule has 2 aliphatic rings. The molecule has 34 heavy (non-hydrogen) atoms. The van der Waals surface area contributed by atoms with Crippen LogP contribution in [-0.4, -0.2) is 40.1 Å². The van der Waals surface area contributed by atoms with Crippen molar-refractivity contribution < 1.29 is 17.9 Å². The van der Waals surface area contributed by atoms with E-state index >= 15 is 0 Å². The number of benzene rings is 2. The van der Waals surface area contributed by atoms with Gasteiger partial charge in [-0.05, 0) is 60.4 Å². The number of likely N-dealkylation sites (N-methyl/N-ethyl adjacent to an activating group) is 1. The van der Waals surface area contributed by atoms with E-state index in [1.807, 2.05) is 25.2 Å². The highest BCUT2D eigenvalue weighted by atomic mass is 35.5. The molecule has 0 radical (unpaired) electrons. The summed E-state index contributed by atoms with van der Waals surface area (Å²) in [4.78, 5) is 6.81. The van der Waals surface area contributed by atoms with Gasteiger partial charge in [-0.1, -0.05) is 23.7 Å². The maximum absolute atomic E-state index is 13.2. The summed E-state index contributed by atoms with van der Waals surface area (Å²) < 4.78 is 40.9. The Bertz CT molecular complexity index is 1360. The predicted octanol–water partition coefficient (Wildman–Crippen LogP) is 4.22. The molecule has 3 heterocycles. The molecule has 5 rings (SSSR count). The average Bonchev–Trinajstić information content (AvgIpc) is 3.26. The van der Waals surface area contributed by atoms with Gasteiger partial charge in [0.2, 0.25) is 5.88 Å². The van der Waals surface area contributed by atoms with Crippen LogP contribution in [0.15, 0.2) is 47.4 Å². The quantitative estimate of drug-likeness (QED) is 0.523. The van der Waals surface area contributed by atoms with Crippen molar-refractivity contribution in [2.24, 2.45) is 0 Å². The lowest BCUT2D eigenvalue weighted by Gasteiger charge is -2.28. The summed E-state index contributed by atoms with van der Waals surface area (Å²) in [5.41, 5.74) is 3.62. The Morgan fingerprint density at radius 3 is 2.97 bits per heavy atom. The summed E-state index contributed by atoms with van der Waals surface area (Å²) in [6, 6.07) is 12.5. The number of hydrogen-bond acceptors (Lipinski definition) is 7. The second-order valence-electron chi connectivity index (χ2n) is 8.35. The highest BCUT2D eigenvalue weighted by Crippen LogP contribution is 2.35.